The van der Waals surface area contributed by atoms with Gasteiger partial charge >= 0.3 is 0 Å². The molecule has 0 spiro atoms. The van der Waals surface area contributed by atoms with Crippen molar-refractivity contribution in [1.82, 2.24) is 10.3 Å². The van der Waals surface area contributed by atoms with E-state index in [1.165, 1.54) is 40.9 Å². The molecule has 1 fully saturated rings. The van der Waals surface area contributed by atoms with Gasteiger partial charge in [0.2, 0.25) is 5.91 Å². The Morgan fingerprint density at radius 3 is 2.77 bits per heavy atom. The fourth-order valence-electron chi connectivity index (χ4n) is 4.38. The molecule has 0 radical (unpaired) electrons. The second-order valence-corrected chi connectivity index (χ2v) is 9.25. The SMILES string of the molecule is O=C(NCCCc1nc2c(s1)CCCC2)C1CCN(c2ccccc2[N+](=O)[O-])CC1. The summed E-state index contributed by atoms with van der Waals surface area (Å²) in [6.07, 6.45) is 8.10. The van der Waals surface area contributed by atoms with Crippen LogP contribution in [-0.4, -0.2) is 35.4 Å². The number of piperidine rings is 1. The largest absolute Gasteiger partial charge is 0.366 e. The van der Waals surface area contributed by atoms with Crippen molar-refractivity contribution < 1.29 is 9.72 Å². The molecule has 1 aliphatic heterocycles. The lowest BCUT2D eigenvalue weighted by Gasteiger charge is -2.32. The van der Waals surface area contributed by atoms with E-state index in [9.17, 15) is 14.9 Å². The highest BCUT2D eigenvalue weighted by atomic mass is 32.1. The first kappa shape index (κ1) is 20.8. The minimum absolute atomic E-state index is 0.0174. The predicted octanol–water partition coefficient (Wildman–Crippen LogP) is 3.90. The average molecular weight is 429 g/mol. The van der Waals surface area contributed by atoms with Crippen LogP contribution in [0.2, 0.25) is 0 Å². The number of aryl methyl sites for hydroxylation is 3. The van der Waals surface area contributed by atoms with Gasteiger partial charge in [0.1, 0.15) is 5.69 Å². The molecule has 160 valence electrons. The van der Waals surface area contributed by atoms with E-state index >= 15 is 0 Å². The summed E-state index contributed by atoms with van der Waals surface area (Å²) < 4.78 is 0. The van der Waals surface area contributed by atoms with E-state index in [-0.39, 0.29) is 22.4 Å². The molecular weight excluding hydrogens is 400 g/mol. The molecule has 2 aromatic rings. The number of para-hydroxylation sites is 2. The zero-order valence-corrected chi connectivity index (χ0v) is 18.0. The summed E-state index contributed by atoms with van der Waals surface area (Å²) in [6, 6.07) is 6.82. The summed E-state index contributed by atoms with van der Waals surface area (Å²) in [4.78, 5) is 31.7. The maximum atomic E-state index is 12.5. The Balaban J connectivity index is 1.20. The van der Waals surface area contributed by atoms with Crippen molar-refractivity contribution in [2.75, 3.05) is 24.5 Å². The lowest BCUT2D eigenvalue weighted by atomic mass is 9.95. The molecular formula is C22H28N4O3S. The molecule has 1 aliphatic carbocycles. The first-order valence-corrected chi connectivity index (χ1v) is 11.7. The summed E-state index contributed by atoms with van der Waals surface area (Å²) in [6.45, 7) is 1.99. The number of nitrogens with one attached hydrogen (secondary N) is 1. The van der Waals surface area contributed by atoms with E-state index in [1.807, 2.05) is 22.3 Å². The zero-order chi connectivity index (χ0) is 20.9. The fraction of sp³-hybridized carbons (Fsp3) is 0.545. The average Bonchev–Trinajstić information content (AvgIpc) is 3.19. The molecule has 1 amide bonds. The summed E-state index contributed by atoms with van der Waals surface area (Å²) in [5, 5.41) is 15.5. The number of hydrogen-bond donors (Lipinski definition) is 1. The van der Waals surface area contributed by atoms with Crippen LogP contribution in [0.4, 0.5) is 11.4 Å². The summed E-state index contributed by atoms with van der Waals surface area (Å²) in [7, 11) is 0. The van der Waals surface area contributed by atoms with Gasteiger partial charge < -0.3 is 10.2 Å². The van der Waals surface area contributed by atoms with Crippen LogP contribution in [0.3, 0.4) is 0 Å². The molecule has 30 heavy (non-hydrogen) atoms. The van der Waals surface area contributed by atoms with E-state index < -0.39 is 0 Å². The van der Waals surface area contributed by atoms with E-state index in [0.717, 1.165) is 32.1 Å². The smallest absolute Gasteiger partial charge is 0.292 e. The van der Waals surface area contributed by atoms with Crippen molar-refractivity contribution in [2.45, 2.75) is 51.4 Å². The van der Waals surface area contributed by atoms with Crippen LogP contribution < -0.4 is 10.2 Å². The standard InChI is InChI=1S/C22H28N4O3S/c27-22(23-13-5-10-21-24-17-6-1-4-9-20(17)30-21)16-11-14-25(15-12-16)18-7-2-3-8-19(18)26(28)29/h2-3,7-8,16H,1,4-6,9-15H2,(H,23,27). The number of nitrogens with zero attached hydrogens (tertiary/aromatic N) is 3. The fourth-order valence-corrected chi connectivity index (χ4v) is 5.58. The van der Waals surface area contributed by atoms with Crippen molar-refractivity contribution in [3.8, 4) is 0 Å². The van der Waals surface area contributed by atoms with E-state index in [2.05, 4.69) is 5.32 Å². The van der Waals surface area contributed by atoms with Crippen LogP contribution in [0.1, 0.15) is 47.7 Å². The number of nitro benzene ring substituents is 1. The Kier molecular flexibility index (Phi) is 6.62. The first-order valence-electron chi connectivity index (χ1n) is 10.9. The third kappa shape index (κ3) is 4.80. The number of carbonyl (C=O) groups is 1. The minimum Gasteiger partial charge on any atom is -0.366 e. The van der Waals surface area contributed by atoms with Gasteiger partial charge in [-0.1, -0.05) is 12.1 Å². The van der Waals surface area contributed by atoms with Gasteiger partial charge in [0, 0.05) is 42.9 Å². The maximum Gasteiger partial charge on any atom is 0.292 e. The zero-order valence-electron chi connectivity index (χ0n) is 17.1. The molecule has 2 heterocycles. The van der Waals surface area contributed by atoms with Gasteiger partial charge in [0.15, 0.2) is 0 Å². The maximum absolute atomic E-state index is 12.5. The molecule has 2 aliphatic rings. The highest BCUT2D eigenvalue weighted by molar-refractivity contribution is 7.11. The van der Waals surface area contributed by atoms with Gasteiger partial charge in [-0.25, -0.2) is 4.98 Å². The van der Waals surface area contributed by atoms with Crippen LogP contribution in [0.25, 0.3) is 0 Å². The quantitative estimate of drug-likeness (QED) is 0.411. The molecule has 1 N–H and O–H groups in total. The Bertz CT molecular complexity index is 882. The molecule has 1 aromatic heterocycles. The number of carbonyl (C=O) groups excluding carboxylic acids is 1. The number of fused-ring (bicyclic) bond motifs is 1. The molecule has 0 unspecified atom stereocenters. The number of anilines is 1. The van der Waals surface area contributed by atoms with Crippen molar-refractivity contribution in [2.24, 2.45) is 5.92 Å². The number of amides is 1. The number of thiazole rings is 1. The highest BCUT2D eigenvalue weighted by Gasteiger charge is 2.27. The number of hydrogen-bond acceptors (Lipinski definition) is 6. The van der Waals surface area contributed by atoms with E-state index in [0.29, 0.717) is 25.3 Å². The summed E-state index contributed by atoms with van der Waals surface area (Å²) in [5.41, 5.74) is 2.08. The van der Waals surface area contributed by atoms with Gasteiger partial charge in [-0.3, -0.25) is 14.9 Å². The molecule has 0 bridgehead atoms. The second-order valence-electron chi connectivity index (χ2n) is 8.09. The molecule has 0 saturated carbocycles. The van der Waals surface area contributed by atoms with Crippen LogP contribution in [0.5, 0.6) is 0 Å². The summed E-state index contributed by atoms with van der Waals surface area (Å²) in [5.74, 6) is 0.0897. The number of rotatable bonds is 7. The molecule has 4 rings (SSSR count). The number of benzene rings is 1. The van der Waals surface area contributed by atoms with Crippen molar-refractivity contribution in [3.05, 3.63) is 50.0 Å². The van der Waals surface area contributed by atoms with Gasteiger partial charge in [0.05, 0.1) is 15.6 Å². The molecule has 8 heteroatoms. The third-order valence-corrected chi connectivity index (χ3v) is 7.26. The predicted molar refractivity (Wildman–Crippen MR) is 118 cm³/mol. The third-order valence-electron chi connectivity index (χ3n) is 6.04. The molecule has 1 aromatic carbocycles. The van der Waals surface area contributed by atoms with Crippen LogP contribution in [0.15, 0.2) is 24.3 Å². The number of nitro groups is 1. The summed E-state index contributed by atoms with van der Waals surface area (Å²) >= 11 is 1.85. The number of aromatic nitrogens is 1. The van der Waals surface area contributed by atoms with Gasteiger partial charge in [0.25, 0.3) is 5.69 Å². The highest BCUT2D eigenvalue weighted by Crippen LogP contribution is 2.31. The minimum atomic E-state index is -0.340. The van der Waals surface area contributed by atoms with Crippen LogP contribution in [0, 0.1) is 16.0 Å². The monoisotopic (exact) mass is 428 g/mol. The van der Waals surface area contributed by atoms with E-state index in [1.54, 1.807) is 12.1 Å². The molecule has 1 saturated heterocycles. The van der Waals surface area contributed by atoms with Crippen molar-refractivity contribution in [3.63, 3.8) is 0 Å². The Morgan fingerprint density at radius 1 is 1.23 bits per heavy atom. The Morgan fingerprint density at radius 2 is 2.00 bits per heavy atom. The van der Waals surface area contributed by atoms with E-state index in [4.69, 9.17) is 4.98 Å². The van der Waals surface area contributed by atoms with Gasteiger partial charge in [-0.2, -0.15) is 0 Å². The second kappa shape index (κ2) is 9.55. The van der Waals surface area contributed by atoms with Crippen LogP contribution in [-0.2, 0) is 24.1 Å². The van der Waals surface area contributed by atoms with Crippen molar-refractivity contribution >= 4 is 28.6 Å². The normalized spacial score (nSPS) is 16.9. The Labute approximate surface area is 180 Å². The lowest BCUT2D eigenvalue weighted by Crippen LogP contribution is -2.41. The Hall–Kier alpha value is -2.48. The van der Waals surface area contributed by atoms with Gasteiger partial charge in [-0.15, -0.1) is 11.3 Å². The van der Waals surface area contributed by atoms with Crippen LogP contribution >= 0.6 is 11.3 Å². The van der Waals surface area contributed by atoms with Gasteiger partial charge in [-0.05, 0) is 51.0 Å². The molecule has 0 atom stereocenters. The molecule has 7 nitrogen and oxygen atoms in total. The first-order chi connectivity index (χ1) is 14.6. The topological polar surface area (TPSA) is 88.4 Å². The van der Waals surface area contributed by atoms with Crippen molar-refractivity contribution in [1.29, 1.82) is 0 Å². The lowest BCUT2D eigenvalue weighted by molar-refractivity contribution is -0.384.